The second-order valence-electron chi connectivity index (χ2n) is 13.7. The van der Waals surface area contributed by atoms with E-state index >= 15 is 0 Å². The number of benzene rings is 2. The quantitative estimate of drug-likeness (QED) is 0.196. The number of rotatable bonds is 7. The number of imidazole rings is 1. The molecule has 0 saturated carbocycles. The molecule has 11 heteroatoms. The number of hydrogen-bond acceptors (Lipinski definition) is 6. The number of nitrogens with zero attached hydrogens (tertiary/aromatic N) is 5. The van der Waals surface area contributed by atoms with Crippen LogP contribution in [0.25, 0.3) is 22.2 Å². The van der Waals surface area contributed by atoms with Gasteiger partial charge in [-0.05, 0) is 68.7 Å². The molecule has 2 bridgehead atoms. The Bertz CT molecular complexity index is 1750. The lowest BCUT2D eigenvalue weighted by Crippen LogP contribution is -2.46. The molecule has 232 valence electrons. The third-order valence-corrected chi connectivity index (χ3v) is 14.1. The molecule has 44 heavy (non-hydrogen) atoms. The Kier molecular flexibility index (Phi) is 7.20. The van der Waals surface area contributed by atoms with Crippen LogP contribution in [0.5, 0.6) is 5.75 Å². The van der Waals surface area contributed by atoms with Crippen LogP contribution >= 0.6 is 0 Å². The Hall–Kier alpha value is -3.70. The fourth-order valence-electron chi connectivity index (χ4n) is 6.35. The number of amides is 1. The van der Waals surface area contributed by atoms with Gasteiger partial charge in [-0.15, -0.1) is 0 Å². The van der Waals surface area contributed by atoms with Gasteiger partial charge in [0.25, 0.3) is 5.91 Å². The highest BCUT2D eigenvalue weighted by atomic mass is 28.4. The summed E-state index contributed by atoms with van der Waals surface area (Å²) in [4.78, 5) is 29.8. The van der Waals surface area contributed by atoms with Gasteiger partial charge in [0.1, 0.15) is 17.2 Å². The Morgan fingerprint density at radius 2 is 1.73 bits per heavy atom. The van der Waals surface area contributed by atoms with Crippen molar-refractivity contribution >= 4 is 25.3 Å². The van der Waals surface area contributed by atoms with Gasteiger partial charge in [0.15, 0.2) is 14.1 Å². The summed E-state index contributed by atoms with van der Waals surface area (Å²) in [6.07, 6.45) is 4.15. The van der Waals surface area contributed by atoms with Gasteiger partial charge in [0.2, 0.25) is 0 Å². The highest BCUT2D eigenvalue weighted by Gasteiger charge is 2.46. The van der Waals surface area contributed by atoms with E-state index in [9.17, 15) is 13.6 Å². The lowest BCUT2D eigenvalue weighted by Gasteiger charge is -2.42. The van der Waals surface area contributed by atoms with E-state index in [-0.39, 0.29) is 22.7 Å². The topological polar surface area (TPSA) is 82.4 Å². The maximum absolute atomic E-state index is 13.6. The molecule has 0 saturated heterocycles. The normalized spacial score (nSPS) is 18.5. The summed E-state index contributed by atoms with van der Waals surface area (Å²) in [6.45, 7) is 14.5. The van der Waals surface area contributed by atoms with E-state index < -0.39 is 26.6 Å². The lowest BCUT2D eigenvalue weighted by atomic mass is 9.97. The third-order valence-electron chi connectivity index (χ3n) is 9.44. The molecular weight excluding hydrogens is 580 g/mol. The zero-order chi connectivity index (χ0) is 31.8. The first-order valence-corrected chi connectivity index (χ1v) is 18.0. The van der Waals surface area contributed by atoms with Gasteiger partial charge in [-0.25, -0.2) is 15.0 Å². The van der Waals surface area contributed by atoms with Crippen molar-refractivity contribution in [3.05, 3.63) is 71.6 Å². The van der Waals surface area contributed by atoms with Crippen molar-refractivity contribution in [1.29, 1.82) is 0 Å². The number of aromatic nitrogens is 4. The summed E-state index contributed by atoms with van der Waals surface area (Å²) in [5, 5.41) is 0.0524. The summed E-state index contributed by atoms with van der Waals surface area (Å²) in [7, 11) is -2.06. The van der Waals surface area contributed by atoms with Gasteiger partial charge < -0.3 is 18.6 Å². The van der Waals surface area contributed by atoms with Crippen molar-refractivity contribution in [3.8, 4) is 16.9 Å². The molecule has 2 aliphatic rings. The summed E-state index contributed by atoms with van der Waals surface area (Å²) < 4.78 is 40.7. The van der Waals surface area contributed by atoms with Crippen LogP contribution in [0.2, 0.25) is 18.1 Å². The zero-order valence-corrected chi connectivity index (χ0v) is 27.5. The Morgan fingerprint density at radius 3 is 2.36 bits per heavy atom. The minimum Gasteiger partial charge on any atom is -0.434 e. The van der Waals surface area contributed by atoms with Crippen molar-refractivity contribution < 1.29 is 22.7 Å². The third kappa shape index (κ3) is 4.90. The molecule has 4 heterocycles. The van der Waals surface area contributed by atoms with Crippen molar-refractivity contribution in [2.45, 2.75) is 90.4 Å². The van der Waals surface area contributed by atoms with Gasteiger partial charge in [-0.2, -0.15) is 8.78 Å². The first kappa shape index (κ1) is 30.3. The molecule has 8 nitrogen and oxygen atoms in total. The molecule has 2 aromatic carbocycles. The van der Waals surface area contributed by atoms with Crippen LogP contribution in [-0.4, -0.2) is 51.8 Å². The first-order chi connectivity index (χ1) is 20.6. The fraction of sp³-hybridized carbons (Fsp3) is 0.455. The van der Waals surface area contributed by atoms with Crippen LogP contribution in [0.3, 0.4) is 0 Å². The van der Waals surface area contributed by atoms with Gasteiger partial charge >= 0.3 is 6.61 Å². The highest BCUT2D eigenvalue weighted by Crippen LogP contribution is 2.50. The van der Waals surface area contributed by atoms with Crippen LogP contribution in [0, 0.1) is 0 Å². The number of halogens is 2. The molecule has 0 unspecified atom stereocenters. The molecule has 1 amide bonds. The first-order valence-electron chi connectivity index (χ1n) is 15.1. The van der Waals surface area contributed by atoms with Crippen molar-refractivity contribution in [2.75, 3.05) is 6.54 Å². The Balaban J connectivity index is 1.41. The summed E-state index contributed by atoms with van der Waals surface area (Å²) >= 11 is 0. The number of carbonyl (C=O) groups is 1. The van der Waals surface area contributed by atoms with Crippen LogP contribution < -0.4 is 4.74 Å². The van der Waals surface area contributed by atoms with Crippen LogP contribution in [0.15, 0.2) is 48.8 Å². The molecule has 4 aromatic rings. The van der Waals surface area contributed by atoms with Crippen LogP contribution in [0.4, 0.5) is 8.78 Å². The molecule has 0 radical (unpaired) electrons. The average Bonchev–Trinajstić information content (AvgIpc) is 3.45. The molecule has 6 rings (SSSR count). The second-order valence-corrected chi connectivity index (χ2v) is 18.4. The van der Waals surface area contributed by atoms with E-state index in [2.05, 4.69) is 38.4 Å². The zero-order valence-electron chi connectivity index (χ0n) is 26.5. The maximum Gasteiger partial charge on any atom is 0.387 e. The standard InChI is InChI=1S/C33H39F2N5O3Si/c1-9-39-25-16-24(27-21(29(39)41)11-10-12-26(27)42-31(34)35)40-23-15-19(13-14-22(23)38-28(25)40)20-17-36-30(37-18-20)33(5,6)43-44(7,8)32(2,3)4/h10-15,17-18,24-25,31H,9,16H2,1-8H3/t24-,25-/m0/s1. The molecule has 2 atom stereocenters. The maximum atomic E-state index is 13.6. The molecule has 2 aliphatic heterocycles. The van der Waals surface area contributed by atoms with Crippen LogP contribution in [-0.2, 0) is 10.0 Å². The van der Waals surface area contributed by atoms with E-state index in [0.29, 0.717) is 29.9 Å². The molecular formula is C33H39F2N5O3Si. The van der Waals surface area contributed by atoms with E-state index in [1.807, 2.05) is 51.4 Å². The van der Waals surface area contributed by atoms with E-state index in [1.54, 1.807) is 17.0 Å². The van der Waals surface area contributed by atoms with Crippen molar-refractivity contribution in [3.63, 3.8) is 0 Å². The minimum atomic E-state index is -3.01. The highest BCUT2D eigenvalue weighted by molar-refractivity contribution is 6.74. The molecule has 0 spiro atoms. The van der Waals surface area contributed by atoms with Crippen molar-refractivity contribution in [1.82, 2.24) is 24.4 Å². The smallest absolute Gasteiger partial charge is 0.387 e. The molecule has 0 aliphatic carbocycles. The average molecular weight is 620 g/mol. The fourth-order valence-corrected chi connectivity index (χ4v) is 8.02. The van der Waals surface area contributed by atoms with Crippen LogP contribution in [0.1, 0.15) is 87.6 Å². The summed E-state index contributed by atoms with van der Waals surface area (Å²) in [5.41, 5.74) is 3.54. The lowest BCUT2D eigenvalue weighted by molar-refractivity contribution is -0.0507. The molecule has 2 aromatic heterocycles. The Morgan fingerprint density at radius 1 is 1.02 bits per heavy atom. The van der Waals surface area contributed by atoms with E-state index in [4.69, 9.17) is 24.1 Å². The van der Waals surface area contributed by atoms with Gasteiger partial charge in [-0.3, -0.25) is 4.79 Å². The summed E-state index contributed by atoms with van der Waals surface area (Å²) in [6, 6.07) is 10.1. The SMILES string of the molecule is CCN1C(=O)c2cccc(OC(F)F)c2[C@@H]2C[C@H]1c1nc3ccc(-c4cnc(C(C)(C)O[Si](C)(C)C(C)(C)C)nc4)cc3n12. The Labute approximate surface area is 257 Å². The van der Waals surface area contributed by atoms with E-state index in [0.717, 1.165) is 28.0 Å². The van der Waals surface area contributed by atoms with E-state index in [1.165, 1.54) is 6.07 Å². The minimum absolute atomic E-state index is 0.0185. The second kappa shape index (κ2) is 10.4. The van der Waals surface area contributed by atoms with Gasteiger partial charge in [0, 0.05) is 42.0 Å². The predicted molar refractivity (Wildman–Crippen MR) is 167 cm³/mol. The number of carbonyl (C=O) groups excluding carboxylic acids is 1. The number of ether oxygens (including phenoxy) is 1. The largest absolute Gasteiger partial charge is 0.434 e. The monoisotopic (exact) mass is 619 g/mol. The number of hydrogen-bond donors (Lipinski definition) is 0. The molecule has 0 fully saturated rings. The molecule has 0 N–H and O–H groups in total. The van der Waals surface area contributed by atoms with Gasteiger partial charge in [-0.1, -0.05) is 32.9 Å². The van der Waals surface area contributed by atoms with Gasteiger partial charge in [0.05, 0.1) is 23.1 Å². The number of alkyl halides is 2. The predicted octanol–water partition coefficient (Wildman–Crippen LogP) is 7.86. The number of fused-ring (bicyclic) bond motifs is 9. The summed E-state index contributed by atoms with van der Waals surface area (Å²) in [5.74, 6) is 1.18. The van der Waals surface area contributed by atoms with Crippen molar-refractivity contribution in [2.24, 2.45) is 0 Å².